The van der Waals surface area contributed by atoms with Gasteiger partial charge in [0.2, 0.25) is 11.8 Å². The number of nitrogens with zero attached hydrogens (tertiary/aromatic N) is 3. The SMILES string of the molecule is COC(=O)N[C@H](C(=O)NC[C@H](NCCCCc1ccc(-c2ccccn2)cc1)C(=O)O[C@@H](Cc1ccccc1)NC(=O)[C@@H](N1CCN(Cc2ccccc2)C1=O)C(C)(C)C)C(C)(C)C. The molecule has 14 heteroatoms. The lowest BCUT2D eigenvalue weighted by Crippen LogP contribution is -2.58. The molecule has 1 aromatic heterocycles. The molecule has 64 heavy (non-hydrogen) atoms. The number of rotatable bonds is 20. The minimum absolute atomic E-state index is 0.149. The summed E-state index contributed by atoms with van der Waals surface area (Å²) in [6.45, 7) is 12.6. The van der Waals surface area contributed by atoms with E-state index in [1.54, 1.807) is 16.0 Å². The van der Waals surface area contributed by atoms with Crippen LogP contribution in [-0.2, 0) is 43.2 Å². The number of amides is 5. The van der Waals surface area contributed by atoms with Gasteiger partial charge < -0.3 is 40.5 Å². The quantitative estimate of drug-likeness (QED) is 0.0440. The molecular weight excluding hydrogens is 811 g/mol. The zero-order valence-corrected chi connectivity index (χ0v) is 38.3. The van der Waals surface area contributed by atoms with Crippen molar-refractivity contribution in [1.82, 2.24) is 36.1 Å². The van der Waals surface area contributed by atoms with Crippen molar-refractivity contribution in [3.05, 3.63) is 126 Å². The fraction of sp³-hybridized carbons (Fsp3) is 0.440. The highest BCUT2D eigenvalue weighted by Crippen LogP contribution is 2.29. The summed E-state index contributed by atoms with van der Waals surface area (Å²) < 4.78 is 10.9. The number of urea groups is 1. The average Bonchev–Trinajstić information content (AvgIpc) is 3.61. The van der Waals surface area contributed by atoms with Gasteiger partial charge in [-0.3, -0.25) is 19.4 Å². The fourth-order valence-electron chi connectivity index (χ4n) is 7.71. The number of ether oxygens (including phenoxy) is 2. The van der Waals surface area contributed by atoms with Crippen LogP contribution in [0.25, 0.3) is 11.3 Å². The third kappa shape index (κ3) is 14.4. The summed E-state index contributed by atoms with van der Waals surface area (Å²) in [6, 6.07) is 30.1. The van der Waals surface area contributed by atoms with Crippen LogP contribution in [0.2, 0.25) is 0 Å². The number of carbonyl (C=O) groups excluding carboxylic acids is 5. The van der Waals surface area contributed by atoms with Crippen LogP contribution in [0.4, 0.5) is 9.59 Å². The van der Waals surface area contributed by atoms with Gasteiger partial charge in [-0.15, -0.1) is 0 Å². The number of aromatic nitrogens is 1. The van der Waals surface area contributed by atoms with E-state index in [0.717, 1.165) is 35.2 Å². The van der Waals surface area contributed by atoms with Gasteiger partial charge in [-0.05, 0) is 65.5 Å². The molecule has 0 bridgehead atoms. The molecule has 0 aliphatic carbocycles. The summed E-state index contributed by atoms with van der Waals surface area (Å²) in [4.78, 5) is 76.2. The standard InChI is InChI=1S/C50H65N7O7/c1-49(2,3)42(55-47(61)63-7)44(58)53-33-40(52-29-16-14-18-35-24-26-38(27-25-35)39-23-15-17-28-51-39)46(60)64-41(32-36-19-10-8-11-20-36)54-45(59)43(50(4,5)6)57-31-30-56(48(57)62)34-37-21-12-9-13-22-37/h8-13,15,17,19-28,40-43,52H,14,16,18,29-34H2,1-7H3,(H,53,58)(H,54,59)(H,55,61)/t40-,41-,42+,43+/m0/s1. The highest BCUT2D eigenvalue weighted by molar-refractivity contribution is 5.89. The topological polar surface area (TPSA) is 171 Å². The second-order valence-corrected chi connectivity index (χ2v) is 18.3. The van der Waals surface area contributed by atoms with Crippen molar-refractivity contribution in [2.75, 3.05) is 33.3 Å². The largest absolute Gasteiger partial charge is 0.453 e. The van der Waals surface area contributed by atoms with E-state index in [1.807, 2.05) is 120 Å². The van der Waals surface area contributed by atoms with Crippen molar-refractivity contribution in [3.63, 3.8) is 0 Å². The Morgan fingerprint density at radius 2 is 1.39 bits per heavy atom. The number of pyridine rings is 1. The molecule has 1 aliphatic rings. The molecule has 14 nitrogen and oxygen atoms in total. The predicted octanol–water partition coefficient (Wildman–Crippen LogP) is 6.50. The van der Waals surface area contributed by atoms with E-state index in [0.29, 0.717) is 32.6 Å². The summed E-state index contributed by atoms with van der Waals surface area (Å²) in [5.74, 6) is -1.66. The van der Waals surface area contributed by atoms with E-state index in [-0.39, 0.29) is 19.0 Å². The zero-order chi connectivity index (χ0) is 46.3. The van der Waals surface area contributed by atoms with Gasteiger partial charge in [0.1, 0.15) is 18.1 Å². The maximum Gasteiger partial charge on any atom is 0.407 e. The first-order valence-electron chi connectivity index (χ1n) is 22.0. The summed E-state index contributed by atoms with van der Waals surface area (Å²) in [5, 5.41) is 11.7. The molecule has 1 aliphatic heterocycles. The predicted molar refractivity (Wildman–Crippen MR) is 247 cm³/mol. The molecule has 5 rings (SSSR count). The van der Waals surface area contributed by atoms with Crippen molar-refractivity contribution in [2.24, 2.45) is 10.8 Å². The second kappa shape index (κ2) is 22.9. The normalized spacial score (nSPS) is 14.8. The third-order valence-electron chi connectivity index (χ3n) is 11.1. The molecule has 3 aromatic carbocycles. The Morgan fingerprint density at radius 3 is 2.00 bits per heavy atom. The van der Waals surface area contributed by atoms with Gasteiger partial charge in [-0.2, -0.15) is 0 Å². The van der Waals surface area contributed by atoms with Crippen LogP contribution in [0.3, 0.4) is 0 Å². The van der Waals surface area contributed by atoms with Gasteiger partial charge in [0.15, 0.2) is 6.23 Å². The van der Waals surface area contributed by atoms with Crippen LogP contribution in [0.1, 0.15) is 71.1 Å². The Kier molecular flexibility index (Phi) is 17.4. The summed E-state index contributed by atoms with van der Waals surface area (Å²) in [5.41, 5.74) is 3.54. The molecule has 5 amide bonds. The number of unbranched alkanes of at least 4 members (excludes halogenated alkanes) is 1. The molecule has 1 saturated heterocycles. The van der Waals surface area contributed by atoms with Crippen molar-refractivity contribution in [1.29, 1.82) is 0 Å². The molecule has 0 saturated carbocycles. The van der Waals surface area contributed by atoms with E-state index < -0.39 is 59.1 Å². The van der Waals surface area contributed by atoms with Crippen molar-refractivity contribution < 1.29 is 33.4 Å². The molecule has 4 N–H and O–H groups in total. The molecule has 4 aromatic rings. The van der Waals surface area contributed by atoms with Gasteiger partial charge in [0, 0.05) is 44.4 Å². The van der Waals surface area contributed by atoms with Crippen LogP contribution in [0.5, 0.6) is 0 Å². The number of nitrogens with one attached hydrogen (secondary N) is 4. The maximum absolute atomic E-state index is 14.5. The first-order valence-corrected chi connectivity index (χ1v) is 22.0. The molecule has 342 valence electrons. The van der Waals surface area contributed by atoms with E-state index in [1.165, 1.54) is 12.7 Å². The molecular formula is C50H65N7O7. The Morgan fingerprint density at radius 1 is 0.734 bits per heavy atom. The third-order valence-corrected chi connectivity index (χ3v) is 11.1. The molecule has 2 heterocycles. The Hall–Kier alpha value is -6.28. The van der Waals surface area contributed by atoms with E-state index in [4.69, 9.17) is 9.47 Å². The number of benzene rings is 3. The van der Waals surface area contributed by atoms with E-state index in [2.05, 4.69) is 50.5 Å². The van der Waals surface area contributed by atoms with Gasteiger partial charge in [0.25, 0.3) is 0 Å². The lowest BCUT2D eigenvalue weighted by molar-refractivity contribution is -0.155. The summed E-state index contributed by atoms with van der Waals surface area (Å²) >= 11 is 0. The van der Waals surface area contributed by atoms with Crippen molar-refractivity contribution >= 4 is 29.9 Å². The number of carbonyl (C=O) groups is 5. The highest BCUT2D eigenvalue weighted by atomic mass is 16.6. The molecule has 0 unspecified atom stereocenters. The number of methoxy groups -OCH3 is 1. The van der Waals surface area contributed by atoms with Crippen molar-refractivity contribution in [3.8, 4) is 11.3 Å². The lowest BCUT2D eigenvalue weighted by atomic mass is 9.85. The van der Waals surface area contributed by atoms with Gasteiger partial charge in [-0.25, -0.2) is 9.59 Å². The van der Waals surface area contributed by atoms with Crippen LogP contribution in [0, 0.1) is 10.8 Å². The Balaban J connectivity index is 1.30. The fourth-order valence-corrected chi connectivity index (χ4v) is 7.71. The maximum atomic E-state index is 14.5. The van der Waals surface area contributed by atoms with Crippen molar-refractivity contribution in [2.45, 2.75) is 98.1 Å². The van der Waals surface area contributed by atoms with Crippen LogP contribution >= 0.6 is 0 Å². The van der Waals surface area contributed by atoms with E-state index >= 15 is 0 Å². The number of hydrogen-bond donors (Lipinski definition) is 4. The first kappa shape index (κ1) is 48.7. The van der Waals surface area contributed by atoms with Gasteiger partial charge >= 0.3 is 18.1 Å². The zero-order valence-electron chi connectivity index (χ0n) is 38.3. The molecule has 0 spiro atoms. The minimum Gasteiger partial charge on any atom is -0.453 e. The molecule has 1 fully saturated rings. The molecule has 0 radical (unpaired) electrons. The highest BCUT2D eigenvalue weighted by Gasteiger charge is 2.44. The van der Waals surface area contributed by atoms with Crippen LogP contribution in [0.15, 0.2) is 109 Å². The lowest BCUT2D eigenvalue weighted by Gasteiger charge is -2.37. The van der Waals surface area contributed by atoms with Crippen LogP contribution < -0.4 is 21.3 Å². The van der Waals surface area contributed by atoms with E-state index in [9.17, 15) is 24.0 Å². The number of aryl methyl sites for hydroxylation is 1. The summed E-state index contributed by atoms with van der Waals surface area (Å²) in [7, 11) is 1.22. The van der Waals surface area contributed by atoms with Gasteiger partial charge in [-0.1, -0.05) is 133 Å². The first-order chi connectivity index (χ1) is 30.5. The smallest absolute Gasteiger partial charge is 0.407 e. The average molecular weight is 876 g/mol. The Labute approximate surface area is 377 Å². The summed E-state index contributed by atoms with van der Waals surface area (Å²) in [6.07, 6.45) is 2.37. The second-order valence-electron chi connectivity index (χ2n) is 18.3. The number of esters is 1. The van der Waals surface area contributed by atoms with Crippen LogP contribution in [-0.4, -0.2) is 102 Å². The van der Waals surface area contributed by atoms with Gasteiger partial charge in [0.05, 0.1) is 12.8 Å². The Bertz CT molecular complexity index is 2130. The number of hydrogen-bond acceptors (Lipinski definition) is 9. The minimum atomic E-state index is -1.12. The molecule has 4 atom stereocenters. The monoisotopic (exact) mass is 875 g/mol. The number of alkyl carbamates (subject to hydrolysis) is 1.